The Hall–Kier alpha value is -2.98. The zero-order chi connectivity index (χ0) is 24.4. The third kappa shape index (κ3) is 9.19. The Morgan fingerprint density at radius 1 is 0.970 bits per heavy atom. The van der Waals surface area contributed by atoms with E-state index < -0.39 is 0 Å². The van der Waals surface area contributed by atoms with E-state index in [9.17, 15) is 9.18 Å². The minimum absolute atomic E-state index is 0.137. The molecule has 0 N–H and O–H groups in total. The van der Waals surface area contributed by atoms with Gasteiger partial charge in [-0.2, -0.15) is 0 Å². The highest BCUT2D eigenvalue weighted by Crippen LogP contribution is 2.29. The van der Waals surface area contributed by atoms with E-state index in [0.29, 0.717) is 5.41 Å². The molecular formula is C29H36FNO2. The number of rotatable bonds is 4. The highest BCUT2D eigenvalue weighted by atomic mass is 19.1. The first kappa shape index (κ1) is 26.3. The molecule has 0 atom stereocenters. The summed E-state index contributed by atoms with van der Waals surface area (Å²) in [6.07, 6.45) is 0. The molecule has 0 radical (unpaired) electrons. The van der Waals surface area contributed by atoms with E-state index in [-0.39, 0.29) is 11.6 Å². The van der Waals surface area contributed by atoms with Crippen molar-refractivity contribution in [1.29, 1.82) is 0 Å². The highest BCUT2D eigenvalue weighted by molar-refractivity contribution is 5.95. The number of hydrogen-bond acceptors (Lipinski definition) is 3. The standard InChI is InChI=1S/C12H16FN.C9H10O.C8H10O/c1-12(2)8-14(9-12)7-10-4-3-5-11(13)6-10;1-7-5-3-4-6-9(7)8(2)10;1-7-3-5-8(9-2)6-4-7/h3-6H,7-9H2,1-2H3;3-6H,1-2H3;3-6H,1-2H3. The molecule has 3 aromatic rings. The van der Waals surface area contributed by atoms with Gasteiger partial charge in [-0.3, -0.25) is 9.69 Å². The molecule has 1 fully saturated rings. The van der Waals surface area contributed by atoms with E-state index in [2.05, 4.69) is 25.7 Å². The fraction of sp³-hybridized carbons (Fsp3) is 0.345. The largest absolute Gasteiger partial charge is 0.497 e. The third-order valence-corrected chi connectivity index (χ3v) is 5.38. The molecule has 0 amide bonds. The summed E-state index contributed by atoms with van der Waals surface area (Å²) < 4.78 is 17.8. The van der Waals surface area contributed by atoms with E-state index in [1.54, 1.807) is 26.2 Å². The SMILES string of the molecule is CC(=O)c1ccccc1C.CC1(C)CN(Cc2cccc(F)c2)C1.COc1ccc(C)cc1. The number of benzene rings is 3. The number of ketones is 1. The summed E-state index contributed by atoms with van der Waals surface area (Å²) in [6, 6.07) is 22.4. The van der Waals surface area contributed by atoms with Gasteiger partial charge in [0.2, 0.25) is 0 Å². The van der Waals surface area contributed by atoms with Crippen LogP contribution in [0.2, 0.25) is 0 Å². The van der Waals surface area contributed by atoms with E-state index in [1.807, 2.05) is 61.5 Å². The zero-order valence-corrected chi connectivity index (χ0v) is 20.7. The van der Waals surface area contributed by atoms with Crippen molar-refractivity contribution in [2.24, 2.45) is 5.41 Å². The Balaban J connectivity index is 0.000000181. The number of aryl methyl sites for hydroxylation is 2. The molecule has 0 aliphatic carbocycles. The van der Waals surface area contributed by atoms with Crippen LogP contribution in [0.15, 0.2) is 72.8 Å². The number of likely N-dealkylation sites (tertiary alicyclic amines) is 1. The first-order chi connectivity index (χ1) is 15.6. The van der Waals surface area contributed by atoms with Crippen molar-refractivity contribution in [3.8, 4) is 5.75 Å². The van der Waals surface area contributed by atoms with Gasteiger partial charge in [-0.25, -0.2) is 4.39 Å². The molecule has 4 rings (SSSR count). The van der Waals surface area contributed by atoms with Crippen LogP contribution in [0.1, 0.15) is 47.8 Å². The molecule has 33 heavy (non-hydrogen) atoms. The van der Waals surface area contributed by atoms with Crippen LogP contribution in [0.5, 0.6) is 5.75 Å². The fourth-order valence-corrected chi connectivity index (χ4v) is 3.81. The average molecular weight is 450 g/mol. The number of ether oxygens (including phenoxy) is 1. The second-order valence-corrected chi connectivity index (χ2v) is 9.33. The molecular weight excluding hydrogens is 413 g/mol. The summed E-state index contributed by atoms with van der Waals surface area (Å²) in [4.78, 5) is 13.2. The molecule has 0 spiro atoms. The lowest BCUT2D eigenvalue weighted by Crippen LogP contribution is -2.52. The summed E-state index contributed by atoms with van der Waals surface area (Å²) in [5.74, 6) is 0.918. The summed E-state index contributed by atoms with van der Waals surface area (Å²) in [5, 5.41) is 0. The quantitative estimate of drug-likeness (QED) is 0.407. The monoisotopic (exact) mass is 449 g/mol. The van der Waals surface area contributed by atoms with Gasteiger partial charge in [0, 0.05) is 25.2 Å². The Bertz CT molecular complexity index is 1020. The van der Waals surface area contributed by atoms with E-state index in [0.717, 1.165) is 42.1 Å². The molecule has 1 aliphatic heterocycles. The summed E-state index contributed by atoms with van der Waals surface area (Å²) in [6.45, 7) is 13.2. The van der Waals surface area contributed by atoms with Gasteiger partial charge in [-0.05, 0) is 61.6 Å². The highest BCUT2D eigenvalue weighted by Gasteiger charge is 2.33. The van der Waals surface area contributed by atoms with E-state index in [4.69, 9.17) is 4.74 Å². The Kier molecular flexibility index (Phi) is 9.80. The van der Waals surface area contributed by atoms with Crippen LogP contribution in [-0.4, -0.2) is 30.9 Å². The lowest BCUT2D eigenvalue weighted by atomic mass is 9.84. The normalized spacial score (nSPS) is 14.0. The second-order valence-electron chi connectivity index (χ2n) is 9.33. The van der Waals surface area contributed by atoms with E-state index >= 15 is 0 Å². The lowest BCUT2D eigenvalue weighted by Gasteiger charge is -2.46. The molecule has 1 saturated heterocycles. The Labute approximate surface area is 198 Å². The van der Waals surface area contributed by atoms with Gasteiger partial charge in [0.1, 0.15) is 11.6 Å². The van der Waals surface area contributed by atoms with E-state index in [1.165, 1.54) is 11.6 Å². The number of Topliss-reactive ketones (excluding diaryl/α,β-unsaturated/α-hetero) is 1. The van der Waals surface area contributed by atoms with Crippen LogP contribution in [0.4, 0.5) is 4.39 Å². The van der Waals surface area contributed by atoms with Gasteiger partial charge < -0.3 is 4.74 Å². The minimum Gasteiger partial charge on any atom is -0.497 e. The molecule has 0 unspecified atom stereocenters. The van der Waals surface area contributed by atoms with Gasteiger partial charge in [0.25, 0.3) is 0 Å². The molecule has 0 saturated carbocycles. The maximum atomic E-state index is 12.9. The molecule has 176 valence electrons. The number of carbonyl (C=O) groups is 1. The van der Waals surface area contributed by atoms with Crippen molar-refractivity contribution in [2.45, 2.75) is 41.2 Å². The van der Waals surface area contributed by atoms with Crippen molar-refractivity contribution in [1.82, 2.24) is 4.90 Å². The molecule has 4 heteroatoms. The Morgan fingerprint density at radius 3 is 2.09 bits per heavy atom. The van der Waals surface area contributed by atoms with Gasteiger partial charge >= 0.3 is 0 Å². The zero-order valence-electron chi connectivity index (χ0n) is 20.7. The first-order valence-corrected chi connectivity index (χ1v) is 11.2. The van der Waals surface area contributed by atoms with Crippen LogP contribution in [0, 0.1) is 25.1 Å². The Morgan fingerprint density at radius 2 is 1.61 bits per heavy atom. The second kappa shape index (κ2) is 12.3. The lowest BCUT2D eigenvalue weighted by molar-refractivity contribution is 0.0242. The average Bonchev–Trinajstić information content (AvgIpc) is 2.74. The molecule has 0 aromatic heterocycles. The maximum Gasteiger partial charge on any atom is 0.160 e. The van der Waals surface area contributed by atoms with Crippen LogP contribution in [-0.2, 0) is 6.54 Å². The molecule has 1 heterocycles. The van der Waals surface area contributed by atoms with Gasteiger partial charge in [-0.15, -0.1) is 0 Å². The summed E-state index contributed by atoms with van der Waals surface area (Å²) in [5.41, 5.74) is 4.65. The number of methoxy groups -OCH3 is 1. The van der Waals surface area contributed by atoms with Crippen LogP contribution < -0.4 is 4.74 Å². The van der Waals surface area contributed by atoms with Crippen molar-refractivity contribution >= 4 is 5.78 Å². The third-order valence-electron chi connectivity index (χ3n) is 5.38. The summed E-state index contributed by atoms with van der Waals surface area (Å²) in [7, 11) is 1.67. The number of nitrogens with zero attached hydrogens (tertiary/aromatic N) is 1. The molecule has 3 nitrogen and oxygen atoms in total. The number of halogens is 1. The number of hydrogen-bond donors (Lipinski definition) is 0. The first-order valence-electron chi connectivity index (χ1n) is 11.2. The minimum atomic E-state index is -0.137. The topological polar surface area (TPSA) is 29.5 Å². The van der Waals surface area contributed by atoms with Gasteiger partial charge in [0.15, 0.2) is 5.78 Å². The van der Waals surface area contributed by atoms with Crippen molar-refractivity contribution < 1.29 is 13.9 Å². The van der Waals surface area contributed by atoms with Crippen LogP contribution in [0.3, 0.4) is 0 Å². The van der Waals surface area contributed by atoms with Gasteiger partial charge in [-0.1, -0.05) is 67.9 Å². The predicted molar refractivity (Wildman–Crippen MR) is 134 cm³/mol. The van der Waals surface area contributed by atoms with Crippen molar-refractivity contribution in [3.05, 3.63) is 101 Å². The van der Waals surface area contributed by atoms with Gasteiger partial charge in [0.05, 0.1) is 7.11 Å². The smallest absolute Gasteiger partial charge is 0.160 e. The molecule has 3 aromatic carbocycles. The van der Waals surface area contributed by atoms with Crippen LogP contribution in [0.25, 0.3) is 0 Å². The van der Waals surface area contributed by atoms with Crippen LogP contribution >= 0.6 is 0 Å². The van der Waals surface area contributed by atoms with Crippen molar-refractivity contribution in [2.75, 3.05) is 20.2 Å². The maximum absolute atomic E-state index is 12.9. The summed E-state index contributed by atoms with van der Waals surface area (Å²) >= 11 is 0. The molecule has 0 bridgehead atoms. The van der Waals surface area contributed by atoms with Crippen molar-refractivity contribution in [3.63, 3.8) is 0 Å². The number of carbonyl (C=O) groups excluding carboxylic acids is 1. The molecule has 1 aliphatic rings. The predicted octanol–water partition coefficient (Wildman–Crippen LogP) is 6.87. The fourth-order valence-electron chi connectivity index (χ4n) is 3.81.